The van der Waals surface area contributed by atoms with Gasteiger partial charge in [-0.15, -0.1) is 16.1 Å². The topological polar surface area (TPSA) is 122 Å². The Balaban J connectivity index is 1.43. The van der Waals surface area contributed by atoms with Gasteiger partial charge in [-0.1, -0.05) is 30.3 Å². The summed E-state index contributed by atoms with van der Waals surface area (Å²) in [5, 5.41) is 11.9. The number of carboxylic acid groups (broad SMARTS) is 1. The number of benzene rings is 1. The van der Waals surface area contributed by atoms with Crippen molar-refractivity contribution in [2.45, 2.75) is 17.8 Å². The highest BCUT2D eigenvalue weighted by molar-refractivity contribution is 8.00. The standard InChI is InChI=1S/C18H16N4O5S2/c23-12(6-10-4-2-1-3-5-10)20-14-16(24)22-15(18(25)26)11(9-28-17(14)22)8-27-13-7-19-29-21-13/h1-5,7,14,17H,6,8-9H2,(H,20,23)(H,25,26)/t14?,17-/m1/s1. The summed E-state index contributed by atoms with van der Waals surface area (Å²) in [5.41, 5.74) is 1.23. The van der Waals surface area contributed by atoms with Crippen molar-refractivity contribution in [2.75, 3.05) is 12.4 Å². The monoisotopic (exact) mass is 432 g/mol. The highest BCUT2D eigenvalue weighted by Gasteiger charge is 2.54. The second-order valence-electron chi connectivity index (χ2n) is 6.41. The van der Waals surface area contributed by atoms with Crippen molar-refractivity contribution in [3.8, 4) is 5.88 Å². The van der Waals surface area contributed by atoms with Gasteiger partial charge in [0.2, 0.25) is 11.8 Å². The summed E-state index contributed by atoms with van der Waals surface area (Å²) in [6.07, 6.45) is 1.60. The Labute approximate surface area is 174 Å². The molecular formula is C18H16N4O5S2. The molecule has 0 aliphatic carbocycles. The third-order valence-electron chi connectivity index (χ3n) is 4.51. The summed E-state index contributed by atoms with van der Waals surface area (Å²) >= 11 is 2.38. The molecule has 2 aliphatic rings. The SMILES string of the molecule is O=C(Cc1ccccc1)NC1C(=O)N2C(C(=O)O)=C(COc3cnsn3)CS[C@H]12. The zero-order chi connectivity index (χ0) is 20.4. The van der Waals surface area contributed by atoms with Gasteiger partial charge < -0.3 is 15.2 Å². The van der Waals surface area contributed by atoms with Gasteiger partial charge in [-0.3, -0.25) is 14.5 Å². The first kappa shape index (κ1) is 19.4. The molecule has 2 atom stereocenters. The lowest BCUT2D eigenvalue weighted by Crippen LogP contribution is -2.70. The highest BCUT2D eigenvalue weighted by atomic mass is 32.2. The van der Waals surface area contributed by atoms with Gasteiger partial charge in [-0.05, 0) is 5.56 Å². The van der Waals surface area contributed by atoms with Crippen LogP contribution in [0, 0.1) is 0 Å². The average Bonchev–Trinajstić information content (AvgIpc) is 3.24. The summed E-state index contributed by atoms with van der Waals surface area (Å²) in [7, 11) is 0. The summed E-state index contributed by atoms with van der Waals surface area (Å²) < 4.78 is 13.2. The van der Waals surface area contributed by atoms with Crippen molar-refractivity contribution in [1.29, 1.82) is 0 Å². The lowest BCUT2D eigenvalue weighted by Gasteiger charge is -2.49. The Kier molecular flexibility index (Phi) is 5.49. The highest BCUT2D eigenvalue weighted by Crippen LogP contribution is 2.40. The van der Waals surface area contributed by atoms with Crippen LogP contribution in [0.25, 0.3) is 0 Å². The summed E-state index contributed by atoms with van der Waals surface area (Å²) in [6.45, 7) is 0.00157. The quantitative estimate of drug-likeness (QED) is 0.619. The number of amides is 2. The number of carbonyl (C=O) groups excluding carboxylic acids is 2. The Hall–Kier alpha value is -2.92. The van der Waals surface area contributed by atoms with Crippen molar-refractivity contribution in [3.05, 3.63) is 53.4 Å². The van der Waals surface area contributed by atoms with E-state index in [-0.39, 0.29) is 24.6 Å². The van der Waals surface area contributed by atoms with Crippen LogP contribution >= 0.6 is 23.5 Å². The fourth-order valence-corrected chi connectivity index (χ4v) is 4.87. The number of carboxylic acids is 1. The van der Waals surface area contributed by atoms with Gasteiger partial charge in [0.15, 0.2) is 0 Å². The van der Waals surface area contributed by atoms with Crippen molar-refractivity contribution in [2.24, 2.45) is 0 Å². The minimum absolute atomic E-state index is 0.00157. The van der Waals surface area contributed by atoms with Crippen LogP contribution < -0.4 is 10.1 Å². The third kappa shape index (κ3) is 3.96. The molecule has 11 heteroatoms. The molecule has 0 spiro atoms. The molecule has 1 aromatic carbocycles. The van der Waals surface area contributed by atoms with Crippen LogP contribution in [0.15, 0.2) is 47.8 Å². The molecule has 2 amide bonds. The molecular weight excluding hydrogens is 416 g/mol. The van der Waals surface area contributed by atoms with Crippen molar-refractivity contribution >= 4 is 41.3 Å². The number of nitrogens with one attached hydrogen (secondary N) is 1. The van der Waals surface area contributed by atoms with Gasteiger partial charge in [0, 0.05) is 11.3 Å². The molecule has 2 N–H and O–H groups in total. The summed E-state index contributed by atoms with van der Waals surface area (Å²) in [4.78, 5) is 37.9. The first-order chi connectivity index (χ1) is 14.0. The van der Waals surface area contributed by atoms with Crippen molar-refractivity contribution in [1.82, 2.24) is 19.0 Å². The van der Waals surface area contributed by atoms with Gasteiger partial charge in [0.1, 0.15) is 29.9 Å². The number of fused-ring (bicyclic) bond motifs is 1. The Morgan fingerprint density at radius 1 is 1.31 bits per heavy atom. The number of ether oxygens (including phenoxy) is 1. The van der Waals surface area contributed by atoms with E-state index in [4.69, 9.17) is 4.74 Å². The maximum absolute atomic E-state index is 12.6. The summed E-state index contributed by atoms with van der Waals surface area (Å²) in [5.74, 6) is -1.23. The molecule has 1 aromatic heterocycles. The molecule has 9 nitrogen and oxygen atoms in total. The van der Waals surface area contributed by atoms with E-state index in [1.165, 1.54) is 22.9 Å². The van der Waals surface area contributed by atoms with Crippen molar-refractivity contribution < 1.29 is 24.2 Å². The zero-order valence-corrected chi connectivity index (χ0v) is 16.6. The number of thioether (sulfide) groups is 1. The number of aromatic nitrogens is 2. The first-order valence-electron chi connectivity index (χ1n) is 8.68. The van der Waals surface area contributed by atoms with Crippen LogP contribution in [0.4, 0.5) is 0 Å². The van der Waals surface area contributed by atoms with Crippen LogP contribution in [0.2, 0.25) is 0 Å². The van der Waals surface area contributed by atoms with Crippen LogP contribution in [0.1, 0.15) is 5.56 Å². The first-order valence-corrected chi connectivity index (χ1v) is 10.5. The molecule has 1 fully saturated rings. The number of β-lactam (4-membered cyclic amide) rings is 1. The van der Waals surface area contributed by atoms with E-state index in [2.05, 4.69) is 14.1 Å². The third-order valence-corrected chi connectivity index (χ3v) is 6.31. The maximum atomic E-state index is 12.6. The Morgan fingerprint density at radius 3 is 2.79 bits per heavy atom. The van der Waals surface area contributed by atoms with Crippen LogP contribution in [0.3, 0.4) is 0 Å². The fourth-order valence-electron chi connectivity index (χ4n) is 3.18. The molecule has 1 saturated heterocycles. The number of aliphatic carboxylic acids is 1. The second-order valence-corrected chi connectivity index (χ2v) is 8.07. The lowest BCUT2D eigenvalue weighted by atomic mass is 10.0. The molecule has 0 bridgehead atoms. The van der Waals surface area contributed by atoms with Gasteiger partial charge in [-0.2, -0.15) is 4.37 Å². The van der Waals surface area contributed by atoms with Crippen LogP contribution in [0.5, 0.6) is 5.88 Å². The smallest absolute Gasteiger partial charge is 0.352 e. The Morgan fingerprint density at radius 2 is 2.10 bits per heavy atom. The summed E-state index contributed by atoms with van der Waals surface area (Å²) in [6, 6.07) is 8.46. The number of nitrogens with zero attached hydrogens (tertiary/aromatic N) is 3. The van der Waals surface area contributed by atoms with E-state index in [0.717, 1.165) is 17.3 Å². The van der Waals surface area contributed by atoms with E-state index < -0.39 is 23.3 Å². The van der Waals surface area contributed by atoms with E-state index >= 15 is 0 Å². The largest absolute Gasteiger partial charge is 0.477 e. The molecule has 2 aliphatic heterocycles. The predicted octanol–water partition coefficient (Wildman–Crippen LogP) is 0.898. The fraction of sp³-hybridized carbons (Fsp3) is 0.278. The zero-order valence-electron chi connectivity index (χ0n) is 15.0. The number of carbonyl (C=O) groups is 3. The number of rotatable bonds is 7. The molecule has 3 heterocycles. The minimum atomic E-state index is -1.20. The molecule has 4 rings (SSSR count). The molecule has 2 aromatic rings. The maximum Gasteiger partial charge on any atom is 0.352 e. The molecule has 150 valence electrons. The van der Waals surface area contributed by atoms with E-state index in [9.17, 15) is 19.5 Å². The second kappa shape index (κ2) is 8.21. The lowest BCUT2D eigenvalue weighted by molar-refractivity contribution is -0.150. The molecule has 0 radical (unpaired) electrons. The molecule has 29 heavy (non-hydrogen) atoms. The number of hydrogen-bond acceptors (Lipinski definition) is 8. The van der Waals surface area contributed by atoms with Gasteiger partial charge in [0.05, 0.1) is 18.1 Å². The van der Waals surface area contributed by atoms with Crippen LogP contribution in [-0.4, -0.2) is 60.3 Å². The number of hydrogen-bond donors (Lipinski definition) is 2. The molecule has 1 unspecified atom stereocenters. The normalized spacial score (nSPS) is 20.7. The average molecular weight is 432 g/mol. The van der Waals surface area contributed by atoms with Gasteiger partial charge in [-0.25, -0.2) is 4.79 Å². The van der Waals surface area contributed by atoms with Gasteiger partial charge >= 0.3 is 5.97 Å². The van der Waals surface area contributed by atoms with Crippen LogP contribution in [-0.2, 0) is 20.8 Å². The van der Waals surface area contributed by atoms with E-state index in [1.54, 1.807) is 0 Å². The minimum Gasteiger partial charge on any atom is -0.477 e. The molecule has 0 saturated carbocycles. The van der Waals surface area contributed by atoms with E-state index in [0.29, 0.717) is 17.2 Å². The van der Waals surface area contributed by atoms with E-state index in [1.807, 2.05) is 30.3 Å². The van der Waals surface area contributed by atoms with Gasteiger partial charge in [0.25, 0.3) is 5.91 Å². The predicted molar refractivity (Wildman–Crippen MR) is 105 cm³/mol. The Bertz CT molecular complexity index is 964. The van der Waals surface area contributed by atoms with Crippen molar-refractivity contribution in [3.63, 3.8) is 0 Å².